The van der Waals surface area contributed by atoms with Gasteiger partial charge in [0, 0.05) is 17.8 Å². The molecule has 1 aromatic heterocycles. The molecular formula is C24H33N3O2. The lowest BCUT2D eigenvalue weighted by Gasteiger charge is -2.36. The van der Waals surface area contributed by atoms with Crippen LogP contribution in [0.3, 0.4) is 0 Å². The molecule has 1 unspecified atom stereocenters. The largest absolute Gasteiger partial charge is 0.446 e. The van der Waals surface area contributed by atoms with E-state index in [4.69, 9.17) is 4.74 Å². The second kappa shape index (κ2) is 8.60. The summed E-state index contributed by atoms with van der Waals surface area (Å²) in [5, 5.41) is 3.07. The zero-order valence-corrected chi connectivity index (χ0v) is 17.8. The summed E-state index contributed by atoms with van der Waals surface area (Å²) in [5.41, 5.74) is 4.45. The topological polar surface area (TPSA) is 67.0 Å². The van der Waals surface area contributed by atoms with Crippen LogP contribution in [0.4, 0.5) is 10.5 Å². The van der Waals surface area contributed by atoms with Crippen LogP contribution in [0.1, 0.15) is 75.6 Å². The SMILES string of the molecule is CC(C)[C@H]1CC[C@H](C)C[C@@H]1OC(=O)Nc1cccc2c1CCCC2c1c[nH]cn1. The second-order valence-electron chi connectivity index (χ2n) is 9.21. The smallest absolute Gasteiger partial charge is 0.411 e. The first-order valence-corrected chi connectivity index (χ1v) is 11.1. The summed E-state index contributed by atoms with van der Waals surface area (Å²) in [6.45, 7) is 6.73. The minimum Gasteiger partial charge on any atom is -0.446 e. The van der Waals surface area contributed by atoms with Gasteiger partial charge in [-0.1, -0.05) is 39.3 Å². The molecule has 1 saturated carbocycles. The van der Waals surface area contributed by atoms with Crippen molar-refractivity contribution >= 4 is 11.8 Å². The van der Waals surface area contributed by atoms with Crippen LogP contribution >= 0.6 is 0 Å². The van der Waals surface area contributed by atoms with E-state index in [1.807, 2.05) is 18.3 Å². The van der Waals surface area contributed by atoms with Gasteiger partial charge in [0.05, 0.1) is 12.0 Å². The normalized spacial score (nSPS) is 26.8. The molecule has 2 N–H and O–H groups in total. The summed E-state index contributed by atoms with van der Waals surface area (Å²) < 4.78 is 5.96. The number of ether oxygens (including phenoxy) is 1. The maximum absolute atomic E-state index is 12.8. The van der Waals surface area contributed by atoms with E-state index in [-0.39, 0.29) is 18.1 Å². The maximum atomic E-state index is 12.8. The predicted octanol–water partition coefficient (Wildman–Crippen LogP) is 5.89. The van der Waals surface area contributed by atoms with E-state index in [0.717, 1.165) is 43.5 Å². The van der Waals surface area contributed by atoms with Gasteiger partial charge in [-0.25, -0.2) is 9.78 Å². The van der Waals surface area contributed by atoms with E-state index in [1.54, 1.807) is 6.33 Å². The van der Waals surface area contributed by atoms with Gasteiger partial charge in [-0.2, -0.15) is 0 Å². The quantitative estimate of drug-likeness (QED) is 0.678. The Hall–Kier alpha value is -2.30. The average Bonchev–Trinajstić information content (AvgIpc) is 3.22. The first kappa shape index (κ1) is 20.0. The van der Waals surface area contributed by atoms with Gasteiger partial charge >= 0.3 is 6.09 Å². The highest BCUT2D eigenvalue weighted by molar-refractivity contribution is 5.86. The van der Waals surface area contributed by atoms with Crippen LogP contribution in [0.25, 0.3) is 0 Å². The molecule has 1 heterocycles. The maximum Gasteiger partial charge on any atom is 0.411 e. The van der Waals surface area contributed by atoms with E-state index in [0.29, 0.717) is 17.8 Å². The van der Waals surface area contributed by atoms with E-state index in [1.165, 1.54) is 17.5 Å². The molecule has 4 atom stereocenters. The van der Waals surface area contributed by atoms with Gasteiger partial charge in [0.15, 0.2) is 0 Å². The zero-order valence-electron chi connectivity index (χ0n) is 17.8. The third-order valence-electron chi connectivity index (χ3n) is 6.84. The number of aromatic nitrogens is 2. The number of imidazole rings is 1. The number of hydrogen-bond acceptors (Lipinski definition) is 3. The standard InChI is InChI=1S/C24H33N3O2/c1-15(2)17-11-10-16(3)12-23(17)29-24(28)27-21-9-5-6-18-19(21)7-4-8-20(18)22-13-25-14-26-22/h5-6,9,13-17,20,23H,4,7-8,10-12H2,1-3H3,(H,25,26)(H,27,28)/t16-,17+,20?,23-/m0/s1. The van der Waals surface area contributed by atoms with E-state index in [9.17, 15) is 4.79 Å². The molecule has 0 aliphatic heterocycles. The van der Waals surface area contributed by atoms with Gasteiger partial charge < -0.3 is 9.72 Å². The molecule has 156 valence electrons. The van der Waals surface area contributed by atoms with E-state index in [2.05, 4.69) is 42.1 Å². The fourth-order valence-electron chi connectivity index (χ4n) is 5.26. The number of nitrogens with zero attached hydrogens (tertiary/aromatic N) is 1. The molecule has 1 fully saturated rings. The van der Waals surface area contributed by atoms with Gasteiger partial charge in [0.1, 0.15) is 6.10 Å². The van der Waals surface area contributed by atoms with Crippen molar-refractivity contribution in [1.82, 2.24) is 9.97 Å². The minimum atomic E-state index is -0.315. The van der Waals surface area contributed by atoms with E-state index >= 15 is 0 Å². The number of amides is 1. The number of rotatable bonds is 4. The molecular weight excluding hydrogens is 362 g/mol. The number of H-pyrrole nitrogens is 1. The van der Waals surface area contributed by atoms with Crippen LogP contribution in [-0.2, 0) is 11.2 Å². The Balaban J connectivity index is 1.50. The Morgan fingerprint density at radius 3 is 2.90 bits per heavy atom. The lowest BCUT2D eigenvalue weighted by Crippen LogP contribution is -2.37. The number of benzene rings is 1. The fraction of sp³-hybridized carbons (Fsp3) is 0.583. The number of anilines is 1. The first-order valence-electron chi connectivity index (χ1n) is 11.1. The molecule has 1 aromatic carbocycles. The number of aromatic amines is 1. The Morgan fingerprint density at radius 2 is 2.14 bits per heavy atom. The monoisotopic (exact) mass is 395 g/mol. The highest BCUT2D eigenvalue weighted by Crippen LogP contribution is 2.39. The Bertz CT molecular complexity index is 831. The van der Waals surface area contributed by atoms with Crippen molar-refractivity contribution in [3.63, 3.8) is 0 Å². The molecule has 5 heteroatoms. The average molecular weight is 396 g/mol. The molecule has 5 nitrogen and oxygen atoms in total. The lowest BCUT2D eigenvalue weighted by atomic mass is 9.75. The highest BCUT2D eigenvalue weighted by atomic mass is 16.6. The molecule has 0 bridgehead atoms. The minimum absolute atomic E-state index is 0.00935. The van der Waals surface area contributed by atoms with Gasteiger partial charge in [-0.3, -0.25) is 5.32 Å². The Labute approximate surface area is 173 Å². The van der Waals surface area contributed by atoms with Crippen molar-refractivity contribution < 1.29 is 9.53 Å². The second-order valence-corrected chi connectivity index (χ2v) is 9.21. The molecule has 0 radical (unpaired) electrons. The third-order valence-corrected chi connectivity index (χ3v) is 6.84. The number of nitrogens with one attached hydrogen (secondary N) is 2. The van der Waals surface area contributed by atoms with Crippen molar-refractivity contribution in [2.45, 2.75) is 71.3 Å². The third kappa shape index (κ3) is 4.34. The fourth-order valence-corrected chi connectivity index (χ4v) is 5.26. The van der Waals surface area contributed by atoms with Crippen molar-refractivity contribution in [2.24, 2.45) is 17.8 Å². The van der Waals surface area contributed by atoms with Crippen LogP contribution in [0.5, 0.6) is 0 Å². The molecule has 4 rings (SSSR count). The number of carbonyl (C=O) groups excluding carboxylic acids is 1. The molecule has 1 amide bonds. The molecule has 2 aliphatic carbocycles. The number of fused-ring (bicyclic) bond motifs is 1. The van der Waals surface area contributed by atoms with Crippen LogP contribution < -0.4 is 5.32 Å². The Kier molecular flexibility index (Phi) is 5.93. The predicted molar refractivity (Wildman–Crippen MR) is 115 cm³/mol. The molecule has 0 saturated heterocycles. The number of carbonyl (C=O) groups is 1. The Morgan fingerprint density at radius 1 is 1.28 bits per heavy atom. The van der Waals surface area contributed by atoms with Crippen molar-refractivity contribution in [3.8, 4) is 0 Å². The van der Waals surface area contributed by atoms with Crippen molar-refractivity contribution in [2.75, 3.05) is 5.32 Å². The first-order chi connectivity index (χ1) is 14.0. The van der Waals surface area contributed by atoms with Crippen LogP contribution in [-0.4, -0.2) is 22.2 Å². The molecule has 2 aliphatic rings. The summed E-state index contributed by atoms with van der Waals surface area (Å²) in [7, 11) is 0. The number of hydrogen-bond donors (Lipinski definition) is 2. The lowest BCUT2D eigenvalue weighted by molar-refractivity contribution is 0.0126. The molecule has 2 aromatic rings. The highest BCUT2D eigenvalue weighted by Gasteiger charge is 2.33. The van der Waals surface area contributed by atoms with E-state index < -0.39 is 0 Å². The van der Waals surface area contributed by atoms with Gasteiger partial charge in [-0.15, -0.1) is 0 Å². The van der Waals surface area contributed by atoms with Crippen molar-refractivity contribution in [1.29, 1.82) is 0 Å². The van der Waals surface area contributed by atoms with Gasteiger partial charge in [0.25, 0.3) is 0 Å². The van der Waals surface area contributed by atoms with Crippen molar-refractivity contribution in [3.05, 3.63) is 47.5 Å². The van der Waals surface area contributed by atoms with Crippen LogP contribution in [0.15, 0.2) is 30.7 Å². The zero-order chi connectivity index (χ0) is 20.4. The summed E-state index contributed by atoms with van der Waals surface area (Å²) in [6, 6.07) is 6.19. The summed E-state index contributed by atoms with van der Waals surface area (Å²) in [6.07, 6.45) is 9.89. The summed E-state index contributed by atoms with van der Waals surface area (Å²) in [5.74, 6) is 1.87. The summed E-state index contributed by atoms with van der Waals surface area (Å²) in [4.78, 5) is 20.3. The van der Waals surface area contributed by atoms with Gasteiger partial charge in [-0.05, 0) is 67.1 Å². The summed E-state index contributed by atoms with van der Waals surface area (Å²) >= 11 is 0. The molecule has 29 heavy (non-hydrogen) atoms. The van der Waals surface area contributed by atoms with Crippen LogP contribution in [0, 0.1) is 17.8 Å². The van der Waals surface area contributed by atoms with Crippen LogP contribution in [0.2, 0.25) is 0 Å². The van der Waals surface area contributed by atoms with Gasteiger partial charge in [0.2, 0.25) is 0 Å². The molecule has 0 spiro atoms.